The minimum atomic E-state index is -0.294. The standard InChI is InChI=1S/C16H29N3O/c1-7-16(8-2,10-17)18-15(20)14-9-12(5)19(11(3)4)13(14)6/h9,11H,7-8,10,17H2,1-6H3,(H,18,20). The number of nitrogens with two attached hydrogens (primary N) is 1. The molecule has 0 fully saturated rings. The maximum Gasteiger partial charge on any atom is 0.253 e. The molecule has 3 N–H and O–H groups in total. The number of carbonyl (C=O) groups excluding carboxylic acids is 1. The summed E-state index contributed by atoms with van der Waals surface area (Å²) in [6.07, 6.45) is 1.68. The van der Waals surface area contributed by atoms with E-state index in [-0.39, 0.29) is 11.4 Å². The summed E-state index contributed by atoms with van der Waals surface area (Å²) >= 11 is 0. The van der Waals surface area contributed by atoms with Gasteiger partial charge in [0.25, 0.3) is 5.91 Å². The Labute approximate surface area is 122 Å². The van der Waals surface area contributed by atoms with Crippen molar-refractivity contribution >= 4 is 5.91 Å². The average molecular weight is 279 g/mol. The molecule has 0 unspecified atom stereocenters. The highest BCUT2D eigenvalue weighted by Crippen LogP contribution is 2.21. The number of amides is 1. The van der Waals surface area contributed by atoms with Gasteiger partial charge in [-0.15, -0.1) is 0 Å². The van der Waals surface area contributed by atoms with Gasteiger partial charge in [0.2, 0.25) is 0 Å². The van der Waals surface area contributed by atoms with E-state index < -0.39 is 0 Å². The minimum absolute atomic E-state index is 0.0147. The summed E-state index contributed by atoms with van der Waals surface area (Å²) in [4.78, 5) is 12.6. The summed E-state index contributed by atoms with van der Waals surface area (Å²) < 4.78 is 2.19. The summed E-state index contributed by atoms with van der Waals surface area (Å²) in [6.45, 7) is 12.9. The van der Waals surface area contributed by atoms with Crippen LogP contribution in [0.25, 0.3) is 0 Å². The first-order valence-electron chi connectivity index (χ1n) is 7.52. The monoisotopic (exact) mass is 279 g/mol. The third-order valence-electron chi connectivity index (χ3n) is 4.37. The van der Waals surface area contributed by atoms with Crippen LogP contribution in [0.5, 0.6) is 0 Å². The van der Waals surface area contributed by atoms with E-state index in [9.17, 15) is 4.79 Å². The average Bonchev–Trinajstić information content (AvgIpc) is 2.71. The van der Waals surface area contributed by atoms with E-state index in [1.54, 1.807) is 0 Å². The van der Waals surface area contributed by atoms with Crippen molar-refractivity contribution in [3.05, 3.63) is 23.0 Å². The van der Waals surface area contributed by atoms with E-state index in [1.807, 2.05) is 19.9 Å². The molecule has 1 rings (SSSR count). The van der Waals surface area contributed by atoms with Crippen molar-refractivity contribution in [2.45, 2.75) is 66.0 Å². The van der Waals surface area contributed by atoms with Gasteiger partial charge in [-0.05, 0) is 46.6 Å². The van der Waals surface area contributed by atoms with Crippen LogP contribution in [-0.4, -0.2) is 22.6 Å². The van der Waals surface area contributed by atoms with Crippen molar-refractivity contribution in [3.8, 4) is 0 Å². The SMILES string of the molecule is CCC(CC)(CN)NC(=O)c1cc(C)n(C(C)C)c1C. The number of hydrogen-bond donors (Lipinski definition) is 2. The number of hydrogen-bond acceptors (Lipinski definition) is 2. The van der Waals surface area contributed by atoms with E-state index in [0.717, 1.165) is 29.8 Å². The molecule has 0 aromatic carbocycles. The van der Waals surface area contributed by atoms with E-state index in [0.29, 0.717) is 12.6 Å². The van der Waals surface area contributed by atoms with Crippen LogP contribution in [0.4, 0.5) is 0 Å². The Kier molecular flexibility index (Phi) is 5.40. The molecule has 1 amide bonds. The van der Waals surface area contributed by atoms with Crippen molar-refractivity contribution in [1.82, 2.24) is 9.88 Å². The van der Waals surface area contributed by atoms with Gasteiger partial charge < -0.3 is 15.6 Å². The molecule has 1 heterocycles. The van der Waals surface area contributed by atoms with Gasteiger partial charge in [-0.1, -0.05) is 13.8 Å². The summed E-state index contributed by atoms with van der Waals surface area (Å²) in [6, 6.07) is 2.32. The smallest absolute Gasteiger partial charge is 0.253 e. The Morgan fingerprint density at radius 2 is 1.90 bits per heavy atom. The third-order valence-corrected chi connectivity index (χ3v) is 4.37. The van der Waals surface area contributed by atoms with E-state index in [2.05, 4.69) is 37.6 Å². The second-order valence-electron chi connectivity index (χ2n) is 5.89. The molecule has 0 radical (unpaired) electrons. The lowest BCUT2D eigenvalue weighted by Crippen LogP contribution is -2.52. The molecule has 114 valence electrons. The normalized spacial score (nSPS) is 12.0. The zero-order valence-electron chi connectivity index (χ0n) is 13.7. The zero-order chi connectivity index (χ0) is 15.5. The molecule has 20 heavy (non-hydrogen) atoms. The Balaban J connectivity index is 3.08. The van der Waals surface area contributed by atoms with E-state index in [4.69, 9.17) is 5.73 Å². The fraction of sp³-hybridized carbons (Fsp3) is 0.688. The van der Waals surface area contributed by atoms with Crippen LogP contribution >= 0.6 is 0 Å². The van der Waals surface area contributed by atoms with Gasteiger partial charge in [0.05, 0.1) is 11.1 Å². The fourth-order valence-electron chi connectivity index (χ4n) is 2.88. The lowest BCUT2D eigenvalue weighted by molar-refractivity contribution is 0.0894. The second kappa shape index (κ2) is 6.44. The fourth-order valence-corrected chi connectivity index (χ4v) is 2.88. The van der Waals surface area contributed by atoms with Crippen molar-refractivity contribution in [1.29, 1.82) is 0 Å². The maximum atomic E-state index is 12.6. The highest BCUT2D eigenvalue weighted by Gasteiger charge is 2.28. The van der Waals surface area contributed by atoms with Crippen LogP contribution in [0.1, 0.15) is 68.3 Å². The van der Waals surface area contributed by atoms with Crippen LogP contribution in [-0.2, 0) is 0 Å². The minimum Gasteiger partial charge on any atom is -0.346 e. The molecule has 0 aliphatic heterocycles. The number of rotatable bonds is 6. The zero-order valence-corrected chi connectivity index (χ0v) is 13.7. The van der Waals surface area contributed by atoms with Gasteiger partial charge in [0.15, 0.2) is 0 Å². The molecule has 4 nitrogen and oxygen atoms in total. The molecule has 1 aromatic heterocycles. The number of aromatic nitrogens is 1. The molecule has 0 spiro atoms. The first-order valence-corrected chi connectivity index (χ1v) is 7.52. The highest BCUT2D eigenvalue weighted by molar-refractivity contribution is 5.96. The lowest BCUT2D eigenvalue weighted by Gasteiger charge is -2.31. The summed E-state index contributed by atoms with van der Waals surface area (Å²) in [5.41, 5.74) is 8.46. The van der Waals surface area contributed by atoms with Crippen LogP contribution in [0, 0.1) is 13.8 Å². The largest absolute Gasteiger partial charge is 0.346 e. The topological polar surface area (TPSA) is 60.0 Å². The van der Waals surface area contributed by atoms with Crippen molar-refractivity contribution < 1.29 is 4.79 Å². The summed E-state index contributed by atoms with van der Waals surface area (Å²) in [5, 5.41) is 3.14. The number of nitrogens with one attached hydrogen (secondary N) is 1. The number of aryl methyl sites for hydroxylation is 1. The molecule has 0 aliphatic carbocycles. The predicted molar refractivity (Wildman–Crippen MR) is 84.1 cm³/mol. The molecule has 0 bridgehead atoms. The van der Waals surface area contributed by atoms with Gasteiger partial charge >= 0.3 is 0 Å². The molecule has 0 aliphatic rings. The second-order valence-corrected chi connectivity index (χ2v) is 5.89. The molecular formula is C16H29N3O. The Hall–Kier alpha value is -1.29. The summed E-state index contributed by atoms with van der Waals surface area (Å²) in [5.74, 6) is -0.0147. The van der Waals surface area contributed by atoms with Gasteiger partial charge in [-0.25, -0.2) is 0 Å². The van der Waals surface area contributed by atoms with Crippen LogP contribution in [0.3, 0.4) is 0 Å². The van der Waals surface area contributed by atoms with Gasteiger partial charge in [-0.3, -0.25) is 4.79 Å². The Morgan fingerprint density at radius 3 is 2.25 bits per heavy atom. The van der Waals surface area contributed by atoms with Crippen molar-refractivity contribution in [2.75, 3.05) is 6.54 Å². The van der Waals surface area contributed by atoms with E-state index in [1.165, 1.54) is 0 Å². The summed E-state index contributed by atoms with van der Waals surface area (Å²) in [7, 11) is 0. The van der Waals surface area contributed by atoms with Gasteiger partial charge in [0.1, 0.15) is 0 Å². The van der Waals surface area contributed by atoms with Crippen molar-refractivity contribution in [2.24, 2.45) is 5.73 Å². The first kappa shape index (κ1) is 16.8. The predicted octanol–water partition coefficient (Wildman–Crippen LogP) is 2.93. The quantitative estimate of drug-likeness (QED) is 0.841. The molecule has 0 atom stereocenters. The number of carbonyl (C=O) groups is 1. The van der Waals surface area contributed by atoms with Gasteiger partial charge in [-0.2, -0.15) is 0 Å². The van der Waals surface area contributed by atoms with E-state index >= 15 is 0 Å². The first-order chi connectivity index (χ1) is 9.31. The Morgan fingerprint density at radius 1 is 1.35 bits per heavy atom. The third kappa shape index (κ3) is 3.06. The Bertz CT molecular complexity index is 462. The van der Waals surface area contributed by atoms with Crippen molar-refractivity contribution in [3.63, 3.8) is 0 Å². The van der Waals surface area contributed by atoms with Crippen LogP contribution in [0.15, 0.2) is 6.07 Å². The molecule has 0 saturated carbocycles. The van der Waals surface area contributed by atoms with Gasteiger partial charge in [0, 0.05) is 24.0 Å². The lowest BCUT2D eigenvalue weighted by atomic mass is 9.92. The molecular weight excluding hydrogens is 250 g/mol. The number of nitrogens with zero attached hydrogens (tertiary/aromatic N) is 1. The molecule has 4 heteroatoms. The molecule has 0 saturated heterocycles. The highest BCUT2D eigenvalue weighted by atomic mass is 16.1. The molecule has 1 aromatic rings. The van der Waals surface area contributed by atoms with Crippen LogP contribution < -0.4 is 11.1 Å². The van der Waals surface area contributed by atoms with Crippen LogP contribution in [0.2, 0.25) is 0 Å². The maximum absolute atomic E-state index is 12.6.